The molecule has 78 valence electrons. The summed E-state index contributed by atoms with van der Waals surface area (Å²) in [5, 5.41) is 9.39. The molecule has 0 aliphatic rings. The van der Waals surface area contributed by atoms with Gasteiger partial charge in [0.15, 0.2) is 0 Å². The molecule has 0 fully saturated rings. The molecule has 0 amide bonds. The van der Waals surface area contributed by atoms with E-state index in [-0.39, 0.29) is 6.61 Å². The smallest absolute Gasteiger partial charge is 0.129 e. The first-order valence-electron chi connectivity index (χ1n) is 4.67. The number of nitrogens with zero attached hydrogens (tertiary/aromatic N) is 2. The number of anilines is 1. The van der Waals surface area contributed by atoms with E-state index in [0.29, 0.717) is 11.7 Å². The molecule has 14 heavy (non-hydrogen) atoms. The van der Waals surface area contributed by atoms with E-state index >= 15 is 0 Å². The highest BCUT2D eigenvalue weighted by Gasteiger charge is 2.07. The van der Waals surface area contributed by atoms with Crippen LogP contribution >= 0.6 is 11.6 Å². The van der Waals surface area contributed by atoms with Crippen LogP contribution in [0.4, 0.5) is 5.69 Å². The zero-order valence-electron chi connectivity index (χ0n) is 8.50. The Balaban J connectivity index is 2.92. The zero-order valence-corrected chi connectivity index (χ0v) is 9.25. The van der Waals surface area contributed by atoms with Gasteiger partial charge in [0.2, 0.25) is 0 Å². The van der Waals surface area contributed by atoms with Crippen LogP contribution in [0.25, 0.3) is 0 Å². The number of pyridine rings is 1. The van der Waals surface area contributed by atoms with Crippen molar-refractivity contribution in [3.8, 4) is 0 Å². The Morgan fingerprint density at radius 3 is 2.79 bits per heavy atom. The molecule has 1 aromatic heterocycles. The molecule has 0 spiro atoms. The van der Waals surface area contributed by atoms with Crippen molar-refractivity contribution in [2.75, 3.05) is 24.6 Å². The Kier molecular flexibility index (Phi) is 4.17. The Morgan fingerprint density at radius 1 is 1.57 bits per heavy atom. The molecule has 1 heterocycles. The molecule has 0 bridgehead atoms. The number of aryl methyl sites for hydroxylation is 1. The predicted molar refractivity (Wildman–Crippen MR) is 59.0 cm³/mol. The molecule has 0 aliphatic heterocycles. The fraction of sp³-hybridized carbons (Fsp3) is 0.500. The van der Waals surface area contributed by atoms with Gasteiger partial charge in [0.05, 0.1) is 18.5 Å². The lowest BCUT2D eigenvalue weighted by Gasteiger charge is -2.23. The summed E-state index contributed by atoms with van der Waals surface area (Å²) in [5.41, 5.74) is 2.12. The summed E-state index contributed by atoms with van der Waals surface area (Å²) < 4.78 is 0. The molecule has 0 aliphatic carbocycles. The van der Waals surface area contributed by atoms with E-state index < -0.39 is 0 Å². The Morgan fingerprint density at radius 2 is 2.29 bits per heavy atom. The largest absolute Gasteiger partial charge is 0.395 e. The van der Waals surface area contributed by atoms with Crippen molar-refractivity contribution in [2.45, 2.75) is 13.8 Å². The van der Waals surface area contributed by atoms with E-state index in [4.69, 9.17) is 16.7 Å². The number of hydrogen-bond acceptors (Lipinski definition) is 3. The average Bonchev–Trinajstić information content (AvgIpc) is 2.15. The lowest BCUT2D eigenvalue weighted by atomic mass is 10.2. The summed E-state index contributed by atoms with van der Waals surface area (Å²) >= 11 is 5.76. The highest BCUT2D eigenvalue weighted by molar-refractivity contribution is 6.29. The van der Waals surface area contributed by atoms with Crippen LogP contribution in [-0.4, -0.2) is 29.8 Å². The van der Waals surface area contributed by atoms with E-state index in [0.717, 1.165) is 17.8 Å². The van der Waals surface area contributed by atoms with Crippen molar-refractivity contribution >= 4 is 17.3 Å². The molecule has 0 unspecified atom stereocenters. The highest BCUT2D eigenvalue weighted by atomic mass is 35.5. The van der Waals surface area contributed by atoms with Crippen LogP contribution in [0.2, 0.25) is 5.15 Å². The molecular formula is C10H15ClN2O. The second-order valence-electron chi connectivity index (χ2n) is 3.10. The molecule has 4 heteroatoms. The maximum atomic E-state index is 8.89. The van der Waals surface area contributed by atoms with Gasteiger partial charge in [0.1, 0.15) is 5.15 Å². The van der Waals surface area contributed by atoms with Crippen LogP contribution < -0.4 is 4.90 Å². The van der Waals surface area contributed by atoms with Crippen molar-refractivity contribution < 1.29 is 5.11 Å². The van der Waals surface area contributed by atoms with Gasteiger partial charge < -0.3 is 10.0 Å². The summed E-state index contributed by atoms with van der Waals surface area (Å²) in [4.78, 5) is 6.10. The van der Waals surface area contributed by atoms with Crippen molar-refractivity contribution in [1.29, 1.82) is 0 Å². The van der Waals surface area contributed by atoms with Crippen LogP contribution in [0, 0.1) is 6.92 Å². The number of halogens is 1. The van der Waals surface area contributed by atoms with Crippen molar-refractivity contribution in [2.24, 2.45) is 0 Å². The quantitative estimate of drug-likeness (QED) is 0.778. The first kappa shape index (κ1) is 11.3. The predicted octanol–water partition coefficient (Wildman–Crippen LogP) is 1.86. The second kappa shape index (κ2) is 5.17. The van der Waals surface area contributed by atoms with Gasteiger partial charge in [-0.2, -0.15) is 0 Å². The van der Waals surface area contributed by atoms with Gasteiger partial charge >= 0.3 is 0 Å². The van der Waals surface area contributed by atoms with Gasteiger partial charge in [0.25, 0.3) is 0 Å². The number of likely N-dealkylation sites (N-methyl/N-ethyl adjacent to an activating group) is 1. The van der Waals surface area contributed by atoms with Gasteiger partial charge in [0, 0.05) is 13.1 Å². The normalized spacial score (nSPS) is 10.3. The zero-order chi connectivity index (χ0) is 10.6. The molecule has 1 aromatic rings. The van der Waals surface area contributed by atoms with Crippen LogP contribution in [0.15, 0.2) is 12.3 Å². The fourth-order valence-electron chi connectivity index (χ4n) is 1.42. The number of rotatable bonds is 4. The summed E-state index contributed by atoms with van der Waals surface area (Å²) in [6.07, 6.45) is 1.75. The molecule has 0 aromatic carbocycles. The Labute approximate surface area is 89.3 Å². The van der Waals surface area contributed by atoms with E-state index in [2.05, 4.69) is 9.88 Å². The summed E-state index contributed by atoms with van der Waals surface area (Å²) in [7, 11) is 0. The minimum atomic E-state index is 0.149. The third kappa shape index (κ3) is 2.59. The van der Waals surface area contributed by atoms with Crippen molar-refractivity contribution in [3.63, 3.8) is 0 Å². The summed E-state index contributed by atoms with van der Waals surface area (Å²) in [6.45, 7) is 5.66. The Bertz CT molecular complexity index is 304. The average molecular weight is 215 g/mol. The molecule has 1 rings (SSSR count). The van der Waals surface area contributed by atoms with Gasteiger partial charge in [-0.15, -0.1) is 0 Å². The molecule has 0 radical (unpaired) electrons. The van der Waals surface area contributed by atoms with Crippen LogP contribution in [0.1, 0.15) is 12.5 Å². The lowest BCUT2D eigenvalue weighted by Crippen LogP contribution is -2.26. The minimum Gasteiger partial charge on any atom is -0.395 e. The highest BCUT2D eigenvalue weighted by Crippen LogP contribution is 2.20. The van der Waals surface area contributed by atoms with E-state index in [9.17, 15) is 0 Å². The Hall–Kier alpha value is -0.800. The monoisotopic (exact) mass is 214 g/mol. The standard InChI is InChI=1S/C10H15ClN2O/c1-3-13(4-5-14)9-7-12-10(11)6-8(9)2/h6-7,14H,3-5H2,1-2H3. The number of aliphatic hydroxyl groups excluding tert-OH is 1. The molecule has 3 nitrogen and oxygen atoms in total. The van der Waals surface area contributed by atoms with Crippen LogP contribution in [0.5, 0.6) is 0 Å². The fourth-order valence-corrected chi connectivity index (χ4v) is 1.63. The van der Waals surface area contributed by atoms with E-state index in [1.165, 1.54) is 0 Å². The maximum Gasteiger partial charge on any atom is 0.129 e. The van der Waals surface area contributed by atoms with Gasteiger partial charge in [-0.3, -0.25) is 0 Å². The second-order valence-corrected chi connectivity index (χ2v) is 3.48. The lowest BCUT2D eigenvalue weighted by molar-refractivity contribution is 0.302. The van der Waals surface area contributed by atoms with Crippen LogP contribution in [0.3, 0.4) is 0 Å². The maximum absolute atomic E-state index is 8.89. The SMILES string of the molecule is CCN(CCO)c1cnc(Cl)cc1C. The number of aromatic nitrogens is 1. The number of aliphatic hydroxyl groups is 1. The van der Waals surface area contributed by atoms with E-state index in [1.54, 1.807) is 6.20 Å². The summed E-state index contributed by atoms with van der Waals surface area (Å²) in [5.74, 6) is 0. The molecule has 0 saturated carbocycles. The van der Waals surface area contributed by atoms with Crippen molar-refractivity contribution in [3.05, 3.63) is 23.0 Å². The van der Waals surface area contributed by atoms with Gasteiger partial charge in [-0.25, -0.2) is 4.98 Å². The van der Waals surface area contributed by atoms with E-state index in [1.807, 2.05) is 19.9 Å². The van der Waals surface area contributed by atoms with Gasteiger partial charge in [-0.05, 0) is 25.5 Å². The molecule has 1 N–H and O–H groups in total. The first-order valence-corrected chi connectivity index (χ1v) is 5.04. The first-order chi connectivity index (χ1) is 6.69. The topological polar surface area (TPSA) is 36.4 Å². The third-order valence-electron chi connectivity index (χ3n) is 2.14. The molecular weight excluding hydrogens is 200 g/mol. The molecule has 0 saturated heterocycles. The summed E-state index contributed by atoms with van der Waals surface area (Å²) in [6, 6.07) is 1.83. The van der Waals surface area contributed by atoms with Crippen molar-refractivity contribution in [1.82, 2.24) is 4.98 Å². The van der Waals surface area contributed by atoms with Gasteiger partial charge in [-0.1, -0.05) is 11.6 Å². The third-order valence-corrected chi connectivity index (χ3v) is 2.35. The molecule has 0 atom stereocenters. The number of hydrogen-bond donors (Lipinski definition) is 1. The van der Waals surface area contributed by atoms with Crippen LogP contribution in [-0.2, 0) is 0 Å². The minimum absolute atomic E-state index is 0.149.